The van der Waals surface area contributed by atoms with Gasteiger partial charge in [-0.3, -0.25) is 4.79 Å². The number of aromatic nitrogens is 2. The standard InChI is InChI=1S/C10H15N3O2/c1-3-12(2)9-7-10(15)13(11-8-9)5-4-6-14/h6-8H,3-5H2,1-2H3. The van der Waals surface area contributed by atoms with Crippen molar-refractivity contribution in [3.63, 3.8) is 0 Å². The van der Waals surface area contributed by atoms with Gasteiger partial charge in [-0.25, -0.2) is 4.68 Å². The van der Waals surface area contributed by atoms with Gasteiger partial charge in [0.2, 0.25) is 0 Å². The third-order valence-corrected chi connectivity index (χ3v) is 2.23. The maximum absolute atomic E-state index is 11.5. The van der Waals surface area contributed by atoms with Crippen molar-refractivity contribution in [3.8, 4) is 0 Å². The molecule has 82 valence electrons. The zero-order valence-electron chi connectivity index (χ0n) is 9.01. The lowest BCUT2D eigenvalue weighted by Gasteiger charge is -2.15. The van der Waals surface area contributed by atoms with E-state index in [1.165, 1.54) is 10.7 Å². The minimum Gasteiger partial charge on any atom is -0.373 e. The van der Waals surface area contributed by atoms with Gasteiger partial charge in [-0.2, -0.15) is 5.10 Å². The third-order valence-electron chi connectivity index (χ3n) is 2.23. The molecule has 1 aromatic heterocycles. The summed E-state index contributed by atoms with van der Waals surface area (Å²) in [6.45, 7) is 3.16. The molecule has 0 atom stereocenters. The normalized spacial score (nSPS) is 10.0. The molecule has 0 fully saturated rings. The molecule has 0 unspecified atom stereocenters. The molecular weight excluding hydrogens is 194 g/mol. The van der Waals surface area contributed by atoms with Crippen LogP contribution in [-0.4, -0.2) is 29.7 Å². The SMILES string of the molecule is CCN(C)c1cnn(CCC=O)c(=O)c1. The molecule has 5 heteroatoms. The van der Waals surface area contributed by atoms with Crippen molar-refractivity contribution < 1.29 is 4.79 Å². The quantitative estimate of drug-likeness (QED) is 0.654. The topological polar surface area (TPSA) is 55.2 Å². The second-order valence-electron chi connectivity index (χ2n) is 3.24. The van der Waals surface area contributed by atoms with Gasteiger partial charge in [0, 0.05) is 26.1 Å². The van der Waals surface area contributed by atoms with Crippen LogP contribution in [0.3, 0.4) is 0 Å². The Morgan fingerprint density at radius 3 is 2.87 bits per heavy atom. The molecule has 1 rings (SSSR count). The predicted octanol–water partition coefficient (Wildman–Crippen LogP) is 0.288. The highest BCUT2D eigenvalue weighted by Gasteiger charge is 2.02. The lowest BCUT2D eigenvalue weighted by atomic mass is 10.4. The Bertz CT molecular complexity index is 386. The van der Waals surface area contributed by atoms with Crippen LogP contribution in [0.1, 0.15) is 13.3 Å². The van der Waals surface area contributed by atoms with Gasteiger partial charge in [0.15, 0.2) is 0 Å². The second kappa shape index (κ2) is 5.29. The molecular formula is C10H15N3O2. The Balaban J connectivity index is 2.88. The van der Waals surface area contributed by atoms with Gasteiger partial charge in [-0.15, -0.1) is 0 Å². The van der Waals surface area contributed by atoms with Crippen LogP contribution in [0.4, 0.5) is 5.69 Å². The molecule has 0 amide bonds. The molecule has 0 radical (unpaired) electrons. The summed E-state index contributed by atoms with van der Waals surface area (Å²) in [5.41, 5.74) is 0.625. The molecule has 0 spiro atoms. The highest BCUT2D eigenvalue weighted by molar-refractivity contribution is 5.49. The molecule has 0 saturated heterocycles. The van der Waals surface area contributed by atoms with Crippen LogP contribution in [0.25, 0.3) is 0 Å². The lowest BCUT2D eigenvalue weighted by molar-refractivity contribution is -0.108. The van der Waals surface area contributed by atoms with Gasteiger partial charge in [0.1, 0.15) is 6.29 Å². The van der Waals surface area contributed by atoms with Crippen LogP contribution in [0.2, 0.25) is 0 Å². The molecule has 0 aliphatic heterocycles. The molecule has 1 heterocycles. The monoisotopic (exact) mass is 209 g/mol. The maximum Gasteiger partial charge on any atom is 0.268 e. The van der Waals surface area contributed by atoms with Crippen LogP contribution in [0.15, 0.2) is 17.1 Å². The Morgan fingerprint density at radius 1 is 1.60 bits per heavy atom. The number of hydrogen-bond acceptors (Lipinski definition) is 4. The van der Waals surface area contributed by atoms with E-state index in [0.717, 1.165) is 18.5 Å². The Morgan fingerprint density at radius 2 is 2.33 bits per heavy atom. The Labute approximate surface area is 88.3 Å². The van der Waals surface area contributed by atoms with Crippen molar-refractivity contribution in [3.05, 3.63) is 22.6 Å². The van der Waals surface area contributed by atoms with Crippen LogP contribution >= 0.6 is 0 Å². The van der Waals surface area contributed by atoms with Gasteiger partial charge in [0.25, 0.3) is 5.56 Å². The summed E-state index contributed by atoms with van der Waals surface area (Å²) >= 11 is 0. The van der Waals surface area contributed by atoms with E-state index in [2.05, 4.69) is 5.10 Å². The zero-order chi connectivity index (χ0) is 11.3. The Hall–Kier alpha value is -1.65. The first-order valence-electron chi connectivity index (χ1n) is 4.91. The summed E-state index contributed by atoms with van der Waals surface area (Å²) in [5, 5.41) is 3.99. The summed E-state index contributed by atoms with van der Waals surface area (Å²) in [7, 11) is 1.90. The maximum atomic E-state index is 11.5. The van der Waals surface area contributed by atoms with Crippen LogP contribution in [-0.2, 0) is 11.3 Å². The fraction of sp³-hybridized carbons (Fsp3) is 0.500. The van der Waals surface area contributed by atoms with Gasteiger partial charge >= 0.3 is 0 Å². The number of anilines is 1. The number of carbonyl (C=O) groups excluding carboxylic acids is 1. The Kier molecular flexibility index (Phi) is 4.03. The van der Waals surface area contributed by atoms with Crippen molar-refractivity contribution in [2.45, 2.75) is 19.9 Å². The molecule has 0 aromatic carbocycles. The molecule has 0 aliphatic rings. The number of carbonyl (C=O) groups is 1. The summed E-state index contributed by atoms with van der Waals surface area (Å²) in [6.07, 6.45) is 2.73. The van der Waals surface area contributed by atoms with E-state index in [0.29, 0.717) is 13.0 Å². The number of aryl methyl sites for hydroxylation is 1. The fourth-order valence-electron chi connectivity index (χ4n) is 1.16. The molecule has 0 saturated carbocycles. The summed E-state index contributed by atoms with van der Waals surface area (Å²) in [4.78, 5) is 23.6. The van der Waals surface area contributed by atoms with E-state index in [1.807, 2.05) is 18.9 Å². The summed E-state index contributed by atoms with van der Waals surface area (Å²) in [6, 6.07) is 1.53. The second-order valence-corrected chi connectivity index (χ2v) is 3.24. The summed E-state index contributed by atoms with van der Waals surface area (Å²) in [5.74, 6) is 0. The molecule has 0 bridgehead atoms. The molecule has 1 aromatic rings. The fourth-order valence-corrected chi connectivity index (χ4v) is 1.16. The smallest absolute Gasteiger partial charge is 0.268 e. The van der Waals surface area contributed by atoms with Crippen molar-refractivity contribution in [1.82, 2.24) is 9.78 Å². The van der Waals surface area contributed by atoms with E-state index < -0.39 is 0 Å². The van der Waals surface area contributed by atoms with E-state index in [1.54, 1.807) is 6.20 Å². The van der Waals surface area contributed by atoms with Crippen LogP contribution in [0.5, 0.6) is 0 Å². The van der Waals surface area contributed by atoms with Gasteiger partial charge in [-0.05, 0) is 6.92 Å². The first kappa shape index (κ1) is 11.4. The number of nitrogens with zero attached hydrogens (tertiary/aromatic N) is 3. The van der Waals surface area contributed by atoms with Gasteiger partial charge in [0.05, 0.1) is 18.4 Å². The highest BCUT2D eigenvalue weighted by atomic mass is 16.1. The number of aldehydes is 1. The average Bonchev–Trinajstić information content (AvgIpc) is 2.26. The van der Waals surface area contributed by atoms with Crippen molar-refractivity contribution in [2.75, 3.05) is 18.5 Å². The zero-order valence-corrected chi connectivity index (χ0v) is 9.01. The van der Waals surface area contributed by atoms with E-state index in [-0.39, 0.29) is 5.56 Å². The van der Waals surface area contributed by atoms with Crippen molar-refractivity contribution >= 4 is 12.0 Å². The van der Waals surface area contributed by atoms with Gasteiger partial charge < -0.3 is 9.69 Å². The minimum atomic E-state index is -0.172. The minimum absolute atomic E-state index is 0.172. The first-order valence-corrected chi connectivity index (χ1v) is 4.91. The van der Waals surface area contributed by atoms with Crippen molar-refractivity contribution in [1.29, 1.82) is 0 Å². The van der Waals surface area contributed by atoms with E-state index >= 15 is 0 Å². The van der Waals surface area contributed by atoms with E-state index in [4.69, 9.17) is 0 Å². The summed E-state index contributed by atoms with van der Waals surface area (Å²) < 4.78 is 1.29. The van der Waals surface area contributed by atoms with Gasteiger partial charge in [-0.1, -0.05) is 0 Å². The number of hydrogen-bond donors (Lipinski definition) is 0. The molecule has 5 nitrogen and oxygen atoms in total. The highest BCUT2D eigenvalue weighted by Crippen LogP contribution is 2.05. The molecule has 0 aliphatic carbocycles. The largest absolute Gasteiger partial charge is 0.373 e. The van der Waals surface area contributed by atoms with E-state index in [9.17, 15) is 9.59 Å². The average molecular weight is 209 g/mol. The van der Waals surface area contributed by atoms with Crippen LogP contribution in [0, 0.1) is 0 Å². The van der Waals surface area contributed by atoms with Crippen LogP contribution < -0.4 is 10.5 Å². The molecule has 0 N–H and O–H groups in total. The predicted molar refractivity (Wildman–Crippen MR) is 58.1 cm³/mol. The first-order chi connectivity index (χ1) is 7.19. The molecule has 15 heavy (non-hydrogen) atoms. The van der Waals surface area contributed by atoms with Crippen molar-refractivity contribution in [2.24, 2.45) is 0 Å². The lowest BCUT2D eigenvalue weighted by Crippen LogP contribution is -2.25. The third kappa shape index (κ3) is 2.90. The number of rotatable bonds is 5.